The Balaban J connectivity index is 1.56. The Morgan fingerprint density at radius 3 is 2.59 bits per heavy atom. The molecule has 1 aromatic heterocycles. The van der Waals surface area contributed by atoms with Gasteiger partial charge in [0.25, 0.3) is 0 Å². The molecule has 1 saturated carbocycles. The first-order valence-electron chi connectivity index (χ1n) is 9.91. The molecule has 3 unspecified atom stereocenters. The molecule has 2 aromatic rings. The molecule has 29 heavy (non-hydrogen) atoms. The fourth-order valence-corrected chi connectivity index (χ4v) is 4.95. The van der Waals surface area contributed by atoms with Crippen LogP contribution in [-0.4, -0.2) is 25.5 Å². The summed E-state index contributed by atoms with van der Waals surface area (Å²) in [6.45, 7) is 4.63. The molecule has 7 nitrogen and oxygen atoms in total. The number of urea groups is 1. The lowest BCUT2D eigenvalue weighted by Crippen LogP contribution is -2.43. The average molecular weight is 417 g/mol. The maximum absolute atomic E-state index is 12.7. The number of hydrogen-bond acceptors (Lipinski definition) is 4. The largest absolute Gasteiger partial charge is 0.334 e. The van der Waals surface area contributed by atoms with Crippen molar-refractivity contribution >= 4 is 21.7 Å². The number of amides is 2. The van der Waals surface area contributed by atoms with E-state index < -0.39 is 10.0 Å². The molecule has 0 radical (unpaired) electrons. The van der Waals surface area contributed by atoms with Crippen molar-refractivity contribution in [1.29, 1.82) is 0 Å². The zero-order chi connectivity index (χ0) is 20.9. The summed E-state index contributed by atoms with van der Waals surface area (Å²) < 4.78 is 28.3. The van der Waals surface area contributed by atoms with Crippen molar-refractivity contribution in [2.75, 3.05) is 5.32 Å². The second-order valence-corrected chi connectivity index (χ2v) is 9.40. The minimum absolute atomic E-state index is 0.0418. The van der Waals surface area contributed by atoms with Gasteiger partial charge in [0.15, 0.2) is 0 Å². The summed E-state index contributed by atoms with van der Waals surface area (Å²) in [5.74, 6) is 0.816. The van der Waals surface area contributed by atoms with Gasteiger partial charge in [0.05, 0.1) is 4.90 Å². The first-order chi connectivity index (χ1) is 13.8. The van der Waals surface area contributed by atoms with Crippen molar-refractivity contribution in [3.05, 3.63) is 54.4 Å². The van der Waals surface area contributed by atoms with Crippen LogP contribution >= 0.6 is 0 Å². The van der Waals surface area contributed by atoms with Crippen LogP contribution in [0.5, 0.6) is 0 Å². The molecule has 156 valence electrons. The first kappa shape index (κ1) is 21.3. The number of aromatic nitrogens is 1. The Bertz CT molecular complexity index is 917. The minimum atomic E-state index is -3.59. The number of anilines is 1. The normalized spacial score (nSPS) is 22.1. The molecule has 0 spiro atoms. The van der Waals surface area contributed by atoms with E-state index in [0.717, 1.165) is 24.8 Å². The highest BCUT2D eigenvalue weighted by molar-refractivity contribution is 7.89. The topological polar surface area (TPSA) is 100 Å². The van der Waals surface area contributed by atoms with Crippen LogP contribution in [-0.2, 0) is 16.6 Å². The van der Waals surface area contributed by atoms with Gasteiger partial charge in [-0.1, -0.05) is 32.8 Å². The molecule has 1 fully saturated rings. The van der Waals surface area contributed by atoms with E-state index in [-0.39, 0.29) is 17.0 Å². The number of carbonyl (C=O) groups excluding carboxylic acids is 1. The van der Waals surface area contributed by atoms with Crippen molar-refractivity contribution < 1.29 is 13.2 Å². The molecular formula is C21H28N4O3S. The van der Waals surface area contributed by atoms with Crippen LogP contribution in [0.15, 0.2) is 53.7 Å². The van der Waals surface area contributed by atoms with Crippen molar-refractivity contribution in [2.45, 2.75) is 50.6 Å². The van der Waals surface area contributed by atoms with Crippen molar-refractivity contribution in [2.24, 2.45) is 11.8 Å². The summed E-state index contributed by atoms with van der Waals surface area (Å²) in [7, 11) is -3.59. The Kier molecular flexibility index (Phi) is 6.87. The van der Waals surface area contributed by atoms with E-state index in [1.807, 2.05) is 6.07 Å². The molecular weight excluding hydrogens is 388 g/mol. The van der Waals surface area contributed by atoms with Gasteiger partial charge in [-0.3, -0.25) is 4.98 Å². The summed E-state index contributed by atoms with van der Waals surface area (Å²) in [6.07, 6.45) is 6.39. The van der Waals surface area contributed by atoms with Gasteiger partial charge >= 0.3 is 6.03 Å². The number of rotatable bonds is 6. The second kappa shape index (κ2) is 9.37. The van der Waals surface area contributed by atoms with Crippen LogP contribution in [0.3, 0.4) is 0 Å². The minimum Gasteiger partial charge on any atom is -0.334 e. The zero-order valence-electron chi connectivity index (χ0n) is 16.8. The molecule has 1 aromatic carbocycles. The predicted molar refractivity (Wildman–Crippen MR) is 113 cm³/mol. The van der Waals surface area contributed by atoms with Crippen molar-refractivity contribution in [1.82, 2.24) is 15.0 Å². The lowest BCUT2D eigenvalue weighted by molar-refractivity contribution is 0.227. The quantitative estimate of drug-likeness (QED) is 0.671. The predicted octanol–water partition coefficient (Wildman–Crippen LogP) is 3.51. The Hall–Kier alpha value is -2.45. The SMILES string of the molecule is CC1CCCC(NS(=O)(=O)c2ccc(NC(=O)NCc3cccnc3)cc2)C1C. The number of nitrogens with one attached hydrogen (secondary N) is 3. The second-order valence-electron chi connectivity index (χ2n) is 7.69. The molecule has 3 atom stereocenters. The Morgan fingerprint density at radius 2 is 1.90 bits per heavy atom. The van der Waals surface area contributed by atoms with E-state index in [0.29, 0.717) is 24.1 Å². The van der Waals surface area contributed by atoms with Gasteiger partial charge in [0.2, 0.25) is 10.0 Å². The number of pyridine rings is 1. The fraction of sp³-hybridized carbons (Fsp3) is 0.429. The summed E-state index contributed by atoms with van der Waals surface area (Å²) in [4.78, 5) is 16.2. The molecule has 3 N–H and O–H groups in total. The van der Waals surface area contributed by atoms with Gasteiger partial charge in [-0.2, -0.15) is 0 Å². The average Bonchev–Trinajstić information content (AvgIpc) is 2.71. The molecule has 2 amide bonds. The first-order valence-corrected chi connectivity index (χ1v) is 11.4. The van der Waals surface area contributed by atoms with E-state index >= 15 is 0 Å². The number of carbonyl (C=O) groups is 1. The van der Waals surface area contributed by atoms with E-state index in [4.69, 9.17) is 0 Å². The maximum atomic E-state index is 12.7. The van der Waals surface area contributed by atoms with E-state index in [1.165, 1.54) is 12.1 Å². The molecule has 0 bridgehead atoms. The Morgan fingerprint density at radius 1 is 1.14 bits per heavy atom. The number of nitrogens with zero attached hydrogens (tertiary/aromatic N) is 1. The van der Waals surface area contributed by atoms with Crippen LogP contribution < -0.4 is 15.4 Å². The standard InChI is InChI=1S/C21H28N4O3S/c1-15-5-3-7-20(16(15)2)25-29(27,28)19-10-8-18(9-11-19)24-21(26)23-14-17-6-4-12-22-13-17/h4,6,8-13,15-16,20,25H,3,5,7,14H2,1-2H3,(H2,23,24,26). The van der Waals surface area contributed by atoms with E-state index in [1.54, 1.807) is 30.6 Å². The monoisotopic (exact) mass is 416 g/mol. The van der Waals surface area contributed by atoms with Crippen LogP contribution in [0.4, 0.5) is 10.5 Å². The van der Waals surface area contributed by atoms with Crippen LogP contribution in [0, 0.1) is 11.8 Å². The summed E-state index contributed by atoms with van der Waals surface area (Å²) in [6, 6.07) is 9.46. The number of benzene rings is 1. The highest BCUT2D eigenvalue weighted by Crippen LogP contribution is 2.30. The van der Waals surface area contributed by atoms with Gasteiger partial charge in [0.1, 0.15) is 0 Å². The van der Waals surface area contributed by atoms with Gasteiger partial charge in [-0.25, -0.2) is 17.9 Å². The molecule has 3 rings (SSSR count). The summed E-state index contributed by atoms with van der Waals surface area (Å²) in [5.41, 5.74) is 1.41. The van der Waals surface area contributed by atoms with Gasteiger partial charge in [0, 0.05) is 30.7 Å². The Labute approximate surface area is 172 Å². The third-order valence-corrected chi connectivity index (χ3v) is 7.12. The molecule has 1 heterocycles. The summed E-state index contributed by atoms with van der Waals surface area (Å²) in [5, 5.41) is 5.43. The van der Waals surface area contributed by atoms with Crippen LogP contribution in [0.1, 0.15) is 38.7 Å². The van der Waals surface area contributed by atoms with Crippen molar-refractivity contribution in [3.63, 3.8) is 0 Å². The van der Waals surface area contributed by atoms with E-state index in [9.17, 15) is 13.2 Å². The highest BCUT2D eigenvalue weighted by Gasteiger charge is 2.30. The highest BCUT2D eigenvalue weighted by atomic mass is 32.2. The lowest BCUT2D eigenvalue weighted by atomic mass is 9.78. The van der Waals surface area contributed by atoms with Gasteiger partial charge < -0.3 is 10.6 Å². The smallest absolute Gasteiger partial charge is 0.319 e. The molecule has 0 aliphatic heterocycles. The van der Waals surface area contributed by atoms with E-state index in [2.05, 4.69) is 34.2 Å². The molecule has 0 saturated heterocycles. The number of hydrogen-bond donors (Lipinski definition) is 3. The maximum Gasteiger partial charge on any atom is 0.319 e. The van der Waals surface area contributed by atoms with Gasteiger partial charge in [-0.15, -0.1) is 0 Å². The fourth-order valence-electron chi connectivity index (χ4n) is 3.59. The lowest BCUT2D eigenvalue weighted by Gasteiger charge is -2.34. The molecule has 1 aliphatic carbocycles. The third-order valence-electron chi connectivity index (χ3n) is 5.61. The van der Waals surface area contributed by atoms with Crippen molar-refractivity contribution in [3.8, 4) is 0 Å². The van der Waals surface area contributed by atoms with Crippen LogP contribution in [0.25, 0.3) is 0 Å². The summed E-state index contributed by atoms with van der Waals surface area (Å²) >= 11 is 0. The zero-order valence-corrected chi connectivity index (χ0v) is 17.6. The molecule has 1 aliphatic rings. The molecule has 8 heteroatoms. The van der Waals surface area contributed by atoms with Gasteiger partial charge in [-0.05, 0) is 54.2 Å². The third kappa shape index (κ3) is 5.77. The number of sulfonamides is 1. The van der Waals surface area contributed by atoms with Crippen LogP contribution in [0.2, 0.25) is 0 Å².